The molecule has 1 aromatic carbocycles. The summed E-state index contributed by atoms with van der Waals surface area (Å²) in [6.45, 7) is 5.78. The van der Waals surface area contributed by atoms with Gasteiger partial charge in [0.15, 0.2) is 5.65 Å². The minimum atomic E-state index is -4.56. The Balaban J connectivity index is 1.96. The number of nitrogens with zero attached hydrogens (tertiary/aromatic N) is 3. The highest BCUT2D eigenvalue weighted by atomic mass is 19.4. The van der Waals surface area contributed by atoms with E-state index in [9.17, 15) is 13.2 Å². The monoisotopic (exact) mass is 392 g/mol. The van der Waals surface area contributed by atoms with Gasteiger partial charge in [-0.25, -0.2) is 9.50 Å². The van der Waals surface area contributed by atoms with Crippen molar-refractivity contribution in [3.8, 4) is 16.9 Å². The molecule has 2 aromatic heterocycles. The number of alkyl halides is 3. The Labute approximate surface area is 161 Å². The Morgan fingerprint density at radius 1 is 1.18 bits per heavy atom. The fraction of sp³-hybridized carbons (Fsp3) is 0.400. The van der Waals surface area contributed by atoms with Crippen LogP contribution < -0.4 is 10.5 Å². The van der Waals surface area contributed by atoms with Gasteiger partial charge in [-0.15, -0.1) is 0 Å². The highest BCUT2D eigenvalue weighted by Gasteiger charge is 2.35. The topological polar surface area (TPSA) is 65.4 Å². The fourth-order valence-corrected chi connectivity index (χ4v) is 3.34. The van der Waals surface area contributed by atoms with Crippen LogP contribution in [0.3, 0.4) is 0 Å². The van der Waals surface area contributed by atoms with Crippen molar-refractivity contribution in [3.63, 3.8) is 0 Å². The molecule has 0 aliphatic carbocycles. The molecule has 0 radical (unpaired) electrons. The van der Waals surface area contributed by atoms with Gasteiger partial charge in [-0.05, 0) is 43.0 Å². The van der Waals surface area contributed by atoms with E-state index < -0.39 is 17.3 Å². The van der Waals surface area contributed by atoms with Crippen LogP contribution in [-0.4, -0.2) is 26.7 Å². The zero-order valence-corrected chi connectivity index (χ0v) is 16.0. The molecule has 0 amide bonds. The van der Waals surface area contributed by atoms with Crippen LogP contribution >= 0.6 is 0 Å². The van der Waals surface area contributed by atoms with E-state index >= 15 is 0 Å². The van der Waals surface area contributed by atoms with E-state index in [-0.39, 0.29) is 12.4 Å². The summed E-state index contributed by atoms with van der Waals surface area (Å²) in [5.41, 5.74) is 6.03. The molecule has 0 aliphatic heterocycles. The van der Waals surface area contributed by atoms with E-state index in [1.54, 1.807) is 31.5 Å². The number of ether oxygens (including phenoxy) is 1. The number of hydrogen-bond donors (Lipinski definition) is 1. The van der Waals surface area contributed by atoms with Crippen LogP contribution in [0.15, 0.2) is 42.9 Å². The van der Waals surface area contributed by atoms with Crippen LogP contribution in [0.5, 0.6) is 5.75 Å². The summed E-state index contributed by atoms with van der Waals surface area (Å²) < 4.78 is 48.1. The second-order valence-corrected chi connectivity index (χ2v) is 7.69. The molecule has 0 fully saturated rings. The molecule has 0 aliphatic rings. The molecule has 0 bridgehead atoms. The Bertz CT molecular complexity index is 963. The molecule has 0 saturated carbocycles. The summed E-state index contributed by atoms with van der Waals surface area (Å²) in [5, 5.41) is 4.09. The third kappa shape index (κ3) is 4.44. The molecule has 150 valence electrons. The van der Waals surface area contributed by atoms with Gasteiger partial charge in [0.2, 0.25) is 0 Å². The molecule has 1 atom stereocenters. The summed E-state index contributed by atoms with van der Waals surface area (Å²) in [6, 6.07) is 5.64. The maximum Gasteiger partial charge on any atom is 0.419 e. The molecular formula is C20H23F3N4O. The maximum absolute atomic E-state index is 13.7. The first kappa shape index (κ1) is 20.1. The van der Waals surface area contributed by atoms with Crippen LogP contribution in [-0.2, 0) is 6.18 Å². The van der Waals surface area contributed by atoms with E-state index in [4.69, 9.17) is 10.5 Å². The molecule has 3 aromatic rings. The number of nitrogens with two attached hydrogens (primary N) is 1. The second kappa shape index (κ2) is 7.43. The number of rotatable bonds is 6. The van der Waals surface area contributed by atoms with E-state index in [1.165, 1.54) is 16.8 Å². The molecule has 0 spiro atoms. The SMILES string of the molecule is CC(C)C[C@](C)(N)COc1ccc(-c2ccnn3ccnc23)cc1C(F)(F)F. The first-order valence-corrected chi connectivity index (χ1v) is 8.98. The first-order chi connectivity index (χ1) is 13.1. The number of hydrogen-bond acceptors (Lipinski definition) is 4. The van der Waals surface area contributed by atoms with Crippen molar-refractivity contribution in [3.05, 3.63) is 48.4 Å². The molecule has 0 unspecified atom stereocenters. The van der Waals surface area contributed by atoms with Crippen molar-refractivity contribution in [2.45, 2.75) is 38.9 Å². The van der Waals surface area contributed by atoms with Crippen molar-refractivity contribution in [2.75, 3.05) is 6.61 Å². The lowest BCUT2D eigenvalue weighted by atomic mass is 9.93. The van der Waals surface area contributed by atoms with Crippen LogP contribution in [0.1, 0.15) is 32.8 Å². The number of fused-ring (bicyclic) bond motifs is 1. The smallest absolute Gasteiger partial charge is 0.419 e. The van der Waals surface area contributed by atoms with Gasteiger partial charge in [0, 0.05) is 29.7 Å². The lowest BCUT2D eigenvalue weighted by molar-refractivity contribution is -0.139. The predicted octanol–water partition coefficient (Wildman–Crippen LogP) is 4.56. The Morgan fingerprint density at radius 3 is 2.61 bits per heavy atom. The first-order valence-electron chi connectivity index (χ1n) is 8.98. The molecule has 3 rings (SSSR count). The van der Waals surface area contributed by atoms with Gasteiger partial charge < -0.3 is 10.5 Å². The maximum atomic E-state index is 13.7. The minimum absolute atomic E-state index is 0.00658. The number of benzene rings is 1. The van der Waals surface area contributed by atoms with Crippen molar-refractivity contribution in [1.29, 1.82) is 0 Å². The molecule has 28 heavy (non-hydrogen) atoms. The van der Waals surface area contributed by atoms with Crippen LogP contribution in [0.4, 0.5) is 13.2 Å². The number of aromatic nitrogens is 3. The van der Waals surface area contributed by atoms with Crippen molar-refractivity contribution in [2.24, 2.45) is 11.7 Å². The minimum Gasteiger partial charge on any atom is -0.491 e. The summed E-state index contributed by atoms with van der Waals surface area (Å²) in [6.07, 6.45) is 0.782. The molecule has 8 heteroatoms. The Hall–Kier alpha value is -2.61. The zero-order valence-electron chi connectivity index (χ0n) is 16.0. The van der Waals surface area contributed by atoms with Gasteiger partial charge in [-0.1, -0.05) is 19.9 Å². The van der Waals surface area contributed by atoms with Gasteiger partial charge in [0.1, 0.15) is 12.4 Å². The summed E-state index contributed by atoms with van der Waals surface area (Å²) in [4.78, 5) is 4.18. The quantitative estimate of drug-likeness (QED) is 0.668. The van der Waals surface area contributed by atoms with E-state index in [1.807, 2.05) is 13.8 Å². The molecule has 2 heterocycles. The Kier molecular flexibility index (Phi) is 5.34. The third-order valence-electron chi connectivity index (χ3n) is 4.32. The lowest BCUT2D eigenvalue weighted by Gasteiger charge is -2.27. The van der Waals surface area contributed by atoms with E-state index in [0.29, 0.717) is 29.1 Å². The standard InChI is InChI=1S/C20H23F3N4O/c1-13(2)11-19(3,24)12-28-17-5-4-14(10-16(17)20(21,22)23)15-6-7-26-27-9-8-25-18(15)27/h4-10,13H,11-12,24H2,1-3H3/t19-/m0/s1. The molecular weight excluding hydrogens is 369 g/mol. The molecule has 5 nitrogen and oxygen atoms in total. The number of imidazole rings is 1. The number of halogens is 3. The third-order valence-corrected chi connectivity index (χ3v) is 4.32. The van der Waals surface area contributed by atoms with Gasteiger partial charge in [-0.3, -0.25) is 0 Å². The summed E-state index contributed by atoms with van der Waals surface area (Å²) >= 11 is 0. The van der Waals surface area contributed by atoms with Gasteiger partial charge in [-0.2, -0.15) is 18.3 Å². The van der Waals surface area contributed by atoms with Crippen molar-refractivity contribution >= 4 is 5.65 Å². The zero-order chi connectivity index (χ0) is 20.5. The van der Waals surface area contributed by atoms with Crippen molar-refractivity contribution < 1.29 is 17.9 Å². The van der Waals surface area contributed by atoms with E-state index in [2.05, 4.69) is 10.1 Å². The largest absolute Gasteiger partial charge is 0.491 e. The Morgan fingerprint density at radius 2 is 1.93 bits per heavy atom. The second-order valence-electron chi connectivity index (χ2n) is 7.69. The summed E-state index contributed by atoms with van der Waals surface area (Å²) in [5.74, 6) is 0.0804. The van der Waals surface area contributed by atoms with Crippen LogP contribution in [0.2, 0.25) is 0 Å². The average molecular weight is 392 g/mol. The normalized spacial score (nSPS) is 14.4. The highest BCUT2D eigenvalue weighted by molar-refractivity contribution is 5.77. The van der Waals surface area contributed by atoms with E-state index in [0.717, 1.165) is 6.07 Å². The fourth-order valence-electron chi connectivity index (χ4n) is 3.34. The predicted molar refractivity (Wildman–Crippen MR) is 101 cm³/mol. The van der Waals surface area contributed by atoms with Gasteiger partial charge in [0.05, 0.1) is 5.56 Å². The van der Waals surface area contributed by atoms with Gasteiger partial charge in [0.25, 0.3) is 0 Å². The van der Waals surface area contributed by atoms with Crippen molar-refractivity contribution in [1.82, 2.24) is 14.6 Å². The average Bonchev–Trinajstić information content (AvgIpc) is 3.06. The van der Waals surface area contributed by atoms with Crippen LogP contribution in [0.25, 0.3) is 16.8 Å². The van der Waals surface area contributed by atoms with Crippen LogP contribution in [0, 0.1) is 5.92 Å². The summed E-state index contributed by atoms with van der Waals surface area (Å²) in [7, 11) is 0. The highest BCUT2D eigenvalue weighted by Crippen LogP contribution is 2.39. The molecule has 0 saturated heterocycles. The van der Waals surface area contributed by atoms with Gasteiger partial charge >= 0.3 is 6.18 Å². The molecule has 2 N–H and O–H groups in total. The lowest BCUT2D eigenvalue weighted by Crippen LogP contribution is -2.43.